The van der Waals surface area contributed by atoms with Crippen molar-refractivity contribution in [1.29, 1.82) is 0 Å². The Morgan fingerprint density at radius 3 is 2.95 bits per heavy atom. The van der Waals surface area contributed by atoms with Gasteiger partial charge in [-0.05, 0) is 25.0 Å². The lowest BCUT2D eigenvalue weighted by Crippen LogP contribution is -1.92. The Labute approximate surface area is 121 Å². The Bertz CT molecular complexity index is 959. The normalized spacial score (nSPS) is 15.0. The van der Waals surface area contributed by atoms with Crippen LogP contribution in [-0.2, 0) is 0 Å². The van der Waals surface area contributed by atoms with Crippen LogP contribution in [0.2, 0.25) is 0 Å². The van der Waals surface area contributed by atoms with Crippen LogP contribution in [0.5, 0.6) is 0 Å². The van der Waals surface area contributed by atoms with Crippen molar-refractivity contribution in [2.24, 2.45) is 0 Å². The molecule has 0 amide bonds. The van der Waals surface area contributed by atoms with E-state index in [1.54, 1.807) is 6.20 Å². The highest BCUT2D eigenvalue weighted by Crippen LogP contribution is 2.45. The van der Waals surface area contributed by atoms with Gasteiger partial charge in [0.05, 0.1) is 11.4 Å². The van der Waals surface area contributed by atoms with Crippen molar-refractivity contribution >= 4 is 16.7 Å². The number of aromatic nitrogens is 4. The standard InChI is InChI=1S/C17H14N4/c1-2-5-14-12(4-1)13(10-19-14)15-16(11-6-7-11)21-9-3-8-18-17(21)20-15/h1-5,8-11,19H,6-7H2. The van der Waals surface area contributed by atoms with E-state index >= 15 is 0 Å². The Morgan fingerprint density at radius 2 is 2.05 bits per heavy atom. The summed E-state index contributed by atoms with van der Waals surface area (Å²) in [6, 6.07) is 10.3. The molecule has 0 aliphatic heterocycles. The van der Waals surface area contributed by atoms with E-state index in [0.717, 1.165) is 17.0 Å². The first-order valence-corrected chi connectivity index (χ1v) is 7.31. The third-order valence-electron chi connectivity index (χ3n) is 4.25. The van der Waals surface area contributed by atoms with Gasteiger partial charge in [0, 0.05) is 41.0 Å². The van der Waals surface area contributed by atoms with Gasteiger partial charge in [-0.2, -0.15) is 0 Å². The molecule has 1 fully saturated rings. The highest BCUT2D eigenvalue weighted by Gasteiger charge is 2.31. The number of para-hydroxylation sites is 1. The topological polar surface area (TPSA) is 46.0 Å². The van der Waals surface area contributed by atoms with Crippen LogP contribution in [0.25, 0.3) is 27.9 Å². The fourth-order valence-corrected chi connectivity index (χ4v) is 3.12. The van der Waals surface area contributed by atoms with Gasteiger partial charge < -0.3 is 4.98 Å². The minimum atomic E-state index is 0.618. The lowest BCUT2D eigenvalue weighted by molar-refractivity contribution is 0.969. The zero-order valence-corrected chi connectivity index (χ0v) is 11.5. The molecule has 1 aliphatic carbocycles. The molecule has 4 aromatic rings. The third kappa shape index (κ3) is 1.56. The molecule has 0 saturated heterocycles. The fourth-order valence-electron chi connectivity index (χ4n) is 3.12. The summed E-state index contributed by atoms with van der Waals surface area (Å²) in [7, 11) is 0. The molecule has 1 N–H and O–H groups in total. The number of H-pyrrole nitrogens is 1. The van der Waals surface area contributed by atoms with E-state index in [-0.39, 0.29) is 0 Å². The lowest BCUT2D eigenvalue weighted by atomic mass is 10.1. The number of rotatable bonds is 2. The predicted octanol–water partition coefficient (Wildman–Crippen LogP) is 3.76. The summed E-state index contributed by atoms with van der Waals surface area (Å²) in [5.41, 5.74) is 4.72. The lowest BCUT2D eigenvalue weighted by Gasteiger charge is -2.02. The number of hydrogen-bond acceptors (Lipinski definition) is 2. The van der Waals surface area contributed by atoms with Gasteiger partial charge in [-0.15, -0.1) is 0 Å². The van der Waals surface area contributed by atoms with Crippen LogP contribution in [0.15, 0.2) is 48.9 Å². The first kappa shape index (κ1) is 11.1. The highest BCUT2D eigenvalue weighted by molar-refractivity contribution is 5.95. The molecule has 0 bridgehead atoms. The molecule has 1 aromatic carbocycles. The Kier molecular flexibility index (Phi) is 2.08. The van der Waals surface area contributed by atoms with E-state index in [1.807, 2.05) is 6.07 Å². The molecule has 1 saturated carbocycles. The molecule has 4 nitrogen and oxygen atoms in total. The molecule has 5 rings (SSSR count). The summed E-state index contributed by atoms with van der Waals surface area (Å²) in [6.07, 6.45) is 8.44. The second kappa shape index (κ2) is 3.95. The Balaban J connectivity index is 1.86. The summed E-state index contributed by atoms with van der Waals surface area (Å²) in [6.45, 7) is 0. The number of fused-ring (bicyclic) bond motifs is 2. The molecular formula is C17H14N4. The van der Waals surface area contributed by atoms with Crippen LogP contribution < -0.4 is 0 Å². The third-order valence-corrected chi connectivity index (χ3v) is 4.25. The maximum Gasteiger partial charge on any atom is 0.234 e. The van der Waals surface area contributed by atoms with Crippen molar-refractivity contribution in [1.82, 2.24) is 19.4 Å². The molecule has 21 heavy (non-hydrogen) atoms. The van der Waals surface area contributed by atoms with Gasteiger partial charge in [0.1, 0.15) is 0 Å². The number of nitrogens with zero attached hydrogens (tertiary/aromatic N) is 3. The molecule has 3 heterocycles. The van der Waals surface area contributed by atoms with Crippen molar-refractivity contribution in [2.45, 2.75) is 18.8 Å². The van der Waals surface area contributed by atoms with Gasteiger partial charge in [-0.1, -0.05) is 18.2 Å². The molecule has 0 atom stereocenters. The second-order valence-corrected chi connectivity index (χ2v) is 5.66. The largest absolute Gasteiger partial charge is 0.360 e. The molecule has 0 unspecified atom stereocenters. The zero-order chi connectivity index (χ0) is 13.8. The first-order chi connectivity index (χ1) is 10.4. The fraction of sp³-hybridized carbons (Fsp3) is 0.176. The molecular weight excluding hydrogens is 260 g/mol. The second-order valence-electron chi connectivity index (χ2n) is 5.66. The van der Waals surface area contributed by atoms with Gasteiger partial charge in [-0.25, -0.2) is 9.97 Å². The molecule has 0 radical (unpaired) electrons. The number of nitrogens with one attached hydrogen (secondary N) is 1. The minimum Gasteiger partial charge on any atom is -0.360 e. The van der Waals surface area contributed by atoms with Gasteiger partial charge in [0.15, 0.2) is 0 Å². The van der Waals surface area contributed by atoms with Crippen molar-refractivity contribution in [3.8, 4) is 11.3 Å². The van der Waals surface area contributed by atoms with Gasteiger partial charge >= 0.3 is 0 Å². The molecule has 3 aromatic heterocycles. The van der Waals surface area contributed by atoms with Crippen LogP contribution in [0.4, 0.5) is 0 Å². The van der Waals surface area contributed by atoms with Crippen LogP contribution in [-0.4, -0.2) is 19.4 Å². The van der Waals surface area contributed by atoms with Crippen molar-refractivity contribution < 1.29 is 0 Å². The SMILES string of the molecule is c1ccc2c(-c3nc4ncccn4c3C3CC3)c[nH]c2c1. The molecule has 4 heteroatoms. The summed E-state index contributed by atoms with van der Waals surface area (Å²) in [4.78, 5) is 12.6. The monoisotopic (exact) mass is 274 g/mol. The maximum atomic E-state index is 4.80. The van der Waals surface area contributed by atoms with E-state index in [9.17, 15) is 0 Å². The first-order valence-electron chi connectivity index (χ1n) is 7.31. The van der Waals surface area contributed by atoms with E-state index < -0.39 is 0 Å². The number of aromatic amines is 1. The van der Waals surface area contributed by atoms with Crippen LogP contribution in [0.3, 0.4) is 0 Å². The number of benzene rings is 1. The van der Waals surface area contributed by atoms with Gasteiger partial charge in [0.25, 0.3) is 0 Å². The van der Waals surface area contributed by atoms with Gasteiger partial charge in [0.2, 0.25) is 5.78 Å². The smallest absolute Gasteiger partial charge is 0.234 e. The van der Waals surface area contributed by atoms with Crippen molar-refractivity contribution in [2.75, 3.05) is 0 Å². The van der Waals surface area contributed by atoms with Crippen LogP contribution in [0.1, 0.15) is 24.5 Å². The van der Waals surface area contributed by atoms with E-state index in [2.05, 4.69) is 51.0 Å². The van der Waals surface area contributed by atoms with Crippen LogP contribution >= 0.6 is 0 Å². The summed E-state index contributed by atoms with van der Waals surface area (Å²) < 4.78 is 2.15. The maximum absolute atomic E-state index is 4.80. The van der Waals surface area contributed by atoms with E-state index in [1.165, 1.54) is 29.5 Å². The van der Waals surface area contributed by atoms with Crippen LogP contribution in [0, 0.1) is 0 Å². The summed E-state index contributed by atoms with van der Waals surface area (Å²) in [5.74, 6) is 1.41. The Hall–Kier alpha value is -2.62. The van der Waals surface area contributed by atoms with Crippen molar-refractivity contribution in [3.63, 3.8) is 0 Å². The summed E-state index contributed by atoms with van der Waals surface area (Å²) in [5, 5.41) is 1.22. The molecule has 0 spiro atoms. The highest BCUT2D eigenvalue weighted by atomic mass is 15.1. The molecule has 1 aliphatic rings. The number of hydrogen-bond donors (Lipinski definition) is 1. The number of imidazole rings is 1. The zero-order valence-electron chi connectivity index (χ0n) is 11.5. The summed E-state index contributed by atoms with van der Waals surface area (Å²) >= 11 is 0. The Morgan fingerprint density at radius 1 is 1.14 bits per heavy atom. The minimum absolute atomic E-state index is 0.618. The quantitative estimate of drug-likeness (QED) is 0.605. The average Bonchev–Trinajstić information content (AvgIpc) is 3.15. The van der Waals surface area contributed by atoms with E-state index in [4.69, 9.17) is 4.98 Å². The average molecular weight is 274 g/mol. The predicted molar refractivity (Wildman–Crippen MR) is 82.3 cm³/mol. The van der Waals surface area contributed by atoms with Gasteiger partial charge in [-0.3, -0.25) is 4.40 Å². The van der Waals surface area contributed by atoms with E-state index in [0.29, 0.717) is 5.92 Å². The van der Waals surface area contributed by atoms with Crippen molar-refractivity contribution in [3.05, 3.63) is 54.6 Å². The molecule has 102 valence electrons.